The molecule has 0 spiro atoms. The molecule has 7 nitrogen and oxygen atoms in total. The van der Waals surface area contributed by atoms with Crippen LogP contribution >= 0.6 is 22.9 Å². The van der Waals surface area contributed by atoms with Gasteiger partial charge in [0.15, 0.2) is 0 Å². The zero-order chi connectivity index (χ0) is 21.4. The van der Waals surface area contributed by atoms with Gasteiger partial charge in [-0.25, -0.2) is 0 Å². The van der Waals surface area contributed by atoms with Crippen LogP contribution in [0.4, 0.5) is 0 Å². The van der Waals surface area contributed by atoms with Crippen molar-refractivity contribution < 1.29 is 13.7 Å². The Morgan fingerprint density at radius 1 is 1.23 bits per heavy atom. The van der Waals surface area contributed by atoms with Crippen molar-refractivity contribution in [3.63, 3.8) is 0 Å². The number of benzene rings is 1. The quantitative estimate of drug-likeness (QED) is 0.408. The van der Waals surface area contributed by atoms with E-state index in [0.29, 0.717) is 52.5 Å². The minimum absolute atomic E-state index is 0.0113. The summed E-state index contributed by atoms with van der Waals surface area (Å²) in [4.78, 5) is 16.2. The summed E-state index contributed by atoms with van der Waals surface area (Å²) in [6.07, 6.45) is 1.73. The number of halogens is 1. The average molecular weight is 455 g/mol. The molecule has 1 aliphatic rings. The highest BCUT2D eigenvalue weighted by Gasteiger charge is 2.32. The van der Waals surface area contributed by atoms with Crippen LogP contribution in [0.15, 0.2) is 50.7 Å². The number of aryl methyl sites for hydroxylation is 1. The Morgan fingerprint density at radius 3 is 2.90 bits per heavy atom. The molecule has 1 aromatic carbocycles. The fourth-order valence-electron chi connectivity index (χ4n) is 3.88. The second-order valence-electron chi connectivity index (χ2n) is 7.46. The molecular weight excluding hydrogens is 436 g/mol. The van der Waals surface area contributed by atoms with Gasteiger partial charge in [0.25, 0.3) is 11.8 Å². The molecule has 0 bridgehead atoms. The summed E-state index contributed by atoms with van der Waals surface area (Å²) in [6, 6.07) is 11.2. The summed E-state index contributed by atoms with van der Waals surface area (Å²) in [6.45, 7) is 2.89. The van der Waals surface area contributed by atoms with Gasteiger partial charge in [0.05, 0.1) is 15.8 Å². The molecule has 158 valence electrons. The summed E-state index contributed by atoms with van der Waals surface area (Å²) in [5, 5.41) is 15.0. The van der Waals surface area contributed by atoms with E-state index in [9.17, 15) is 4.79 Å². The van der Waals surface area contributed by atoms with E-state index in [1.165, 1.54) is 0 Å². The van der Waals surface area contributed by atoms with E-state index in [-0.39, 0.29) is 11.8 Å². The highest BCUT2D eigenvalue weighted by atomic mass is 35.5. The molecule has 3 aromatic heterocycles. The molecule has 4 heterocycles. The molecule has 9 heteroatoms. The first kappa shape index (κ1) is 20.0. The largest absolute Gasteiger partial charge is 0.420 e. The summed E-state index contributed by atoms with van der Waals surface area (Å²) in [7, 11) is 0. The van der Waals surface area contributed by atoms with Crippen molar-refractivity contribution in [2.75, 3.05) is 13.1 Å². The molecule has 1 saturated heterocycles. The fraction of sp³-hybridized carbons (Fsp3) is 0.273. The molecule has 31 heavy (non-hydrogen) atoms. The molecule has 0 radical (unpaired) electrons. The minimum atomic E-state index is -0.128. The molecule has 1 fully saturated rings. The lowest BCUT2D eigenvalue weighted by Crippen LogP contribution is -2.39. The van der Waals surface area contributed by atoms with Gasteiger partial charge in [-0.1, -0.05) is 41.0 Å². The predicted molar refractivity (Wildman–Crippen MR) is 117 cm³/mol. The van der Waals surface area contributed by atoms with Crippen molar-refractivity contribution in [3.8, 4) is 22.0 Å². The second-order valence-corrected chi connectivity index (χ2v) is 8.81. The van der Waals surface area contributed by atoms with Crippen molar-refractivity contribution in [1.29, 1.82) is 0 Å². The Bertz CT molecular complexity index is 1220. The number of amides is 1. The van der Waals surface area contributed by atoms with Crippen LogP contribution in [0, 0.1) is 6.92 Å². The molecular formula is C22H19ClN4O3S. The molecule has 1 aliphatic heterocycles. The molecule has 4 aromatic rings. The number of carbonyl (C=O) groups is 1. The minimum Gasteiger partial charge on any atom is -0.420 e. The van der Waals surface area contributed by atoms with E-state index in [1.54, 1.807) is 24.3 Å². The SMILES string of the molecule is Cc1onc(-c2ccccc2Cl)c1C(=O)N1CCCC(c2nnc(-c3cccs3)o2)C1. The van der Waals surface area contributed by atoms with E-state index < -0.39 is 0 Å². The number of rotatable bonds is 4. The molecule has 0 saturated carbocycles. The van der Waals surface area contributed by atoms with Crippen molar-refractivity contribution >= 4 is 28.8 Å². The summed E-state index contributed by atoms with van der Waals surface area (Å²) >= 11 is 7.90. The standard InChI is InChI=1S/C22H19ClN4O3S/c1-13-18(19(26-30-13)15-7-2-3-8-16(15)23)22(28)27-10-4-6-14(12-27)20-24-25-21(29-20)17-9-5-11-31-17/h2-3,5,7-9,11,14H,4,6,10,12H2,1H3. The Hall–Kier alpha value is -2.97. The summed E-state index contributed by atoms with van der Waals surface area (Å²) < 4.78 is 11.3. The Labute approximate surface area is 187 Å². The van der Waals surface area contributed by atoms with Crippen LogP contribution in [-0.4, -0.2) is 39.3 Å². The topological polar surface area (TPSA) is 85.3 Å². The predicted octanol–water partition coefficient (Wildman–Crippen LogP) is 5.43. The maximum Gasteiger partial charge on any atom is 0.259 e. The monoisotopic (exact) mass is 454 g/mol. The number of thiophene rings is 1. The third-order valence-electron chi connectivity index (χ3n) is 5.44. The van der Waals surface area contributed by atoms with Gasteiger partial charge in [-0.05, 0) is 37.3 Å². The lowest BCUT2D eigenvalue weighted by molar-refractivity contribution is 0.0697. The second kappa shape index (κ2) is 8.28. The summed E-state index contributed by atoms with van der Waals surface area (Å²) in [5.41, 5.74) is 1.59. The smallest absolute Gasteiger partial charge is 0.259 e. The van der Waals surface area contributed by atoms with Gasteiger partial charge in [-0.15, -0.1) is 21.5 Å². The van der Waals surface area contributed by atoms with Gasteiger partial charge in [0.2, 0.25) is 5.89 Å². The van der Waals surface area contributed by atoms with Crippen LogP contribution in [0.3, 0.4) is 0 Å². The number of aromatic nitrogens is 3. The first-order valence-electron chi connectivity index (χ1n) is 9.99. The number of nitrogens with zero attached hydrogens (tertiary/aromatic N) is 4. The first-order valence-corrected chi connectivity index (χ1v) is 11.3. The maximum absolute atomic E-state index is 13.5. The number of likely N-dealkylation sites (tertiary alicyclic amines) is 1. The molecule has 1 unspecified atom stereocenters. The van der Waals surface area contributed by atoms with Crippen LogP contribution in [0.25, 0.3) is 22.0 Å². The van der Waals surface area contributed by atoms with Gasteiger partial charge in [-0.3, -0.25) is 4.79 Å². The first-order chi connectivity index (χ1) is 15.1. The molecule has 1 atom stereocenters. The van der Waals surface area contributed by atoms with E-state index in [2.05, 4.69) is 15.4 Å². The Kier molecular flexibility index (Phi) is 5.33. The lowest BCUT2D eigenvalue weighted by atomic mass is 9.96. The third kappa shape index (κ3) is 3.77. The number of piperidine rings is 1. The van der Waals surface area contributed by atoms with Crippen molar-refractivity contribution in [2.24, 2.45) is 0 Å². The zero-order valence-corrected chi connectivity index (χ0v) is 18.3. The van der Waals surface area contributed by atoms with E-state index in [4.69, 9.17) is 20.5 Å². The van der Waals surface area contributed by atoms with Crippen molar-refractivity contribution in [1.82, 2.24) is 20.3 Å². The van der Waals surface area contributed by atoms with Crippen LogP contribution in [0.1, 0.15) is 40.8 Å². The maximum atomic E-state index is 13.5. The highest BCUT2D eigenvalue weighted by molar-refractivity contribution is 7.13. The van der Waals surface area contributed by atoms with Crippen LogP contribution in [0.5, 0.6) is 0 Å². The third-order valence-corrected chi connectivity index (χ3v) is 6.62. The van der Waals surface area contributed by atoms with Gasteiger partial charge in [-0.2, -0.15) is 0 Å². The number of hydrogen-bond acceptors (Lipinski definition) is 7. The zero-order valence-electron chi connectivity index (χ0n) is 16.7. The summed E-state index contributed by atoms with van der Waals surface area (Å²) in [5.74, 6) is 1.41. The molecule has 5 rings (SSSR count). The van der Waals surface area contributed by atoms with E-state index in [0.717, 1.165) is 17.7 Å². The molecule has 1 amide bonds. The normalized spacial score (nSPS) is 16.6. The van der Waals surface area contributed by atoms with Crippen molar-refractivity contribution in [2.45, 2.75) is 25.7 Å². The number of hydrogen-bond donors (Lipinski definition) is 0. The molecule has 0 N–H and O–H groups in total. The van der Waals surface area contributed by atoms with E-state index in [1.807, 2.05) is 40.6 Å². The van der Waals surface area contributed by atoms with Gasteiger partial charge < -0.3 is 13.8 Å². The fourth-order valence-corrected chi connectivity index (χ4v) is 4.75. The van der Waals surface area contributed by atoms with Gasteiger partial charge in [0.1, 0.15) is 17.0 Å². The van der Waals surface area contributed by atoms with Crippen LogP contribution in [0.2, 0.25) is 5.02 Å². The highest BCUT2D eigenvalue weighted by Crippen LogP contribution is 2.34. The van der Waals surface area contributed by atoms with Crippen LogP contribution in [-0.2, 0) is 0 Å². The molecule has 0 aliphatic carbocycles. The Balaban J connectivity index is 1.40. The number of carbonyl (C=O) groups excluding carboxylic acids is 1. The van der Waals surface area contributed by atoms with Crippen molar-refractivity contribution in [3.05, 3.63) is 64.0 Å². The Morgan fingerprint density at radius 2 is 2.10 bits per heavy atom. The van der Waals surface area contributed by atoms with Gasteiger partial charge in [0, 0.05) is 18.7 Å². The average Bonchev–Trinajstić information content (AvgIpc) is 3.54. The lowest BCUT2D eigenvalue weighted by Gasteiger charge is -2.31. The van der Waals surface area contributed by atoms with Gasteiger partial charge >= 0.3 is 0 Å². The van der Waals surface area contributed by atoms with Crippen LogP contribution < -0.4 is 0 Å². The van der Waals surface area contributed by atoms with E-state index >= 15 is 0 Å².